The lowest BCUT2D eigenvalue weighted by Crippen LogP contribution is -1.97. The molecule has 0 amide bonds. The van der Waals surface area contributed by atoms with Gasteiger partial charge in [0.25, 0.3) is 0 Å². The summed E-state index contributed by atoms with van der Waals surface area (Å²) in [7, 11) is 0. The first kappa shape index (κ1) is 10.9. The van der Waals surface area contributed by atoms with Crippen LogP contribution in [0.4, 0.5) is 5.95 Å². The maximum atomic E-state index is 5.70. The van der Waals surface area contributed by atoms with Crippen molar-refractivity contribution in [1.29, 1.82) is 0 Å². The van der Waals surface area contributed by atoms with Gasteiger partial charge in [-0.25, -0.2) is 19.9 Å². The van der Waals surface area contributed by atoms with Crippen molar-refractivity contribution in [3.05, 3.63) is 42.7 Å². The van der Waals surface area contributed by atoms with E-state index in [1.54, 1.807) is 18.5 Å². The Morgan fingerprint density at radius 1 is 0.944 bits per heavy atom. The van der Waals surface area contributed by atoms with Gasteiger partial charge in [0, 0.05) is 17.8 Å². The largest absolute Gasteiger partial charge is 0.368 e. The first-order valence-electron chi connectivity index (χ1n) is 5.30. The maximum Gasteiger partial charge on any atom is 0.221 e. The zero-order valence-electron chi connectivity index (χ0n) is 9.32. The summed E-state index contributed by atoms with van der Waals surface area (Å²) in [5.41, 5.74) is 6.52. The molecule has 88 valence electrons. The molecular formula is C12H9N5S. The first-order chi connectivity index (χ1) is 8.83. The van der Waals surface area contributed by atoms with Crippen LogP contribution in [-0.2, 0) is 0 Å². The monoisotopic (exact) mass is 255 g/mol. The van der Waals surface area contributed by atoms with Crippen molar-refractivity contribution in [3.63, 3.8) is 0 Å². The highest BCUT2D eigenvalue weighted by atomic mass is 32.2. The standard InChI is InChI=1S/C12H9N5S/c13-11-16-9-5-2-1-4-8(9)10(17-11)18-12-14-6-3-7-15-12/h1-7H,(H2,13,16,17). The highest BCUT2D eigenvalue weighted by Crippen LogP contribution is 2.29. The first-order valence-corrected chi connectivity index (χ1v) is 6.12. The predicted molar refractivity (Wildman–Crippen MR) is 70.1 cm³/mol. The van der Waals surface area contributed by atoms with Gasteiger partial charge in [-0.1, -0.05) is 18.2 Å². The summed E-state index contributed by atoms with van der Waals surface area (Å²) in [6, 6.07) is 9.50. The SMILES string of the molecule is Nc1nc(Sc2ncccn2)c2ccccc2n1. The number of fused-ring (bicyclic) bond motifs is 1. The maximum absolute atomic E-state index is 5.70. The van der Waals surface area contributed by atoms with Gasteiger partial charge in [0.15, 0.2) is 5.16 Å². The Kier molecular flexibility index (Phi) is 2.77. The van der Waals surface area contributed by atoms with E-state index in [4.69, 9.17) is 5.73 Å². The smallest absolute Gasteiger partial charge is 0.221 e. The minimum atomic E-state index is 0.257. The predicted octanol–water partition coefficient (Wildman–Crippen LogP) is 2.15. The number of nitrogen functional groups attached to an aromatic ring is 1. The Morgan fingerprint density at radius 3 is 2.56 bits per heavy atom. The van der Waals surface area contributed by atoms with Gasteiger partial charge < -0.3 is 5.73 Å². The van der Waals surface area contributed by atoms with Crippen molar-refractivity contribution < 1.29 is 0 Å². The lowest BCUT2D eigenvalue weighted by atomic mass is 10.2. The number of rotatable bonds is 2. The van der Waals surface area contributed by atoms with E-state index in [9.17, 15) is 0 Å². The van der Waals surface area contributed by atoms with Crippen LogP contribution in [-0.4, -0.2) is 19.9 Å². The summed E-state index contributed by atoms with van der Waals surface area (Å²) in [5, 5.41) is 2.36. The summed E-state index contributed by atoms with van der Waals surface area (Å²) >= 11 is 1.38. The average molecular weight is 255 g/mol. The third kappa shape index (κ3) is 2.10. The molecule has 0 aliphatic carbocycles. The molecule has 0 unspecified atom stereocenters. The number of aromatic nitrogens is 4. The molecule has 0 bridgehead atoms. The third-order valence-corrected chi connectivity index (χ3v) is 3.21. The fourth-order valence-corrected chi connectivity index (χ4v) is 2.39. The molecule has 0 spiro atoms. The quantitative estimate of drug-likeness (QED) is 0.558. The van der Waals surface area contributed by atoms with Crippen molar-refractivity contribution >= 4 is 28.6 Å². The molecule has 0 aliphatic heterocycles. The van der Waals surface area contributed by atoms with Crippen LogP contribution in [0.15, 0.2) is 52.9 Å². The molecule has 0 saturated carbocycles. The number of para-hydroxylation sites is 1. The van der Waals surface area contributed by atoms with Crippen LogP contribution in [0.1, 0.15) is 0 Å². The Bertz CT molecular complexity index is 686. The minimum Gasteiger partial charge on any atom is -0.368 e. The van der Waals surface area contributed by atoms with Gasteiger partial charge in [-0.3, -0.25) is 0 Å². The van der Waals surface area contributed by atoms with Crippen molar-refractivity contribution in [2.45, 2.75) is 10.2 Å². The molecular weight excluding hydrogens is 246 g/mol. The van der Waals surface area contributed by atoms with E-state index in [0.717, 1.165) is 15.9 Å². The van der Waals surface area contributed by atoms with E-state index in [-0.39, 0.29) is 5.95 Å². The molecule has 1 aromatic carbocycles. The van der Waals surface area contributed by atoms with Gasteiger partial charge in [-0.15, -0.1) is 0 Å². The molecule has 18 heavy (non-hydrogen) atoms. The van der Waals surface area contributed by atoms with Gasteiger partial charge in [-0.2, -0.15) is 0 Å². The summed E-state index contributed by atoms with van der Waals surface area (Å²) in [6.07, 6.45) is 3.39. The molecule has 0 atom stereocenters. The molecule has 0 saturated heterocycles. The van der Waals surface area contributed by atoms with Gasteiger partial charge >= 0.3 is 0 Å². The number of nitrogens with two attached hydrogens (primary N) is 1. The Balaban J connectivity index is 2.11. The molecule has 6 heteroatoms. The van der Waals surface area contributed by atoms with Gasteiger partial charge in [0.2, 0.25) is 5.95 Å². The fourth-order valence-electron chi connectivity index (χ4n) is 1.57. The molecule has 3 aromatic rings. The summed E-state index contributed by atoms with van der Waals surface area (Å²) < 4.78 is 0. The zero-order chi connectivity index (χ0) is 12.4. The Morgan fingerprint density at radius 2 is 1.72 bits per heavy atom. The van der Waals surface area contributed by atoms with E-state index in [1.807, 2.05) is 24.3 Å². The zero-order valence-corrected chi connectivity index (χ0v) is 10.1. The summed E-state index contributed by atoms with van der Waals surface area (Å²) in [4.78, 5) is 16.8. The topological polar surface area (TPSA) is 77.6 Å². The van der Waals surface area contributed by atoms with E-state index in [1.165, 1.54) is 11.8 Å². The second-order valence-corrected chi connectivity index (χ2v) is 4.49. The van der Waals surface area contributed by atoms with E-state index in [2.05, 4.69) is 19.9 Å². The normalized spacial score (nSPS) is 10.7. The molecule has 0 fully saturated rings. The molecule has 2 N–H and O–H groups in total. The summed E-state index contributed by atoms with van der Waals surface area (Å²) in [5.74, 6) is 0.257. The second kappa shape index (κ2) is 4.58. The number of nitrogens with zero attached hydrogens (tertiary/aromatic N) is 4. The van der Waals surface area contributed by atoms with Crippen molar-refractivity contribution in [2.24, 2.45) is 0 Å². The minimum absolute atomic E-state index is 0.257. The van der Waals surface area contributed by atoms with Crippen LogP contribution >= 0.6 is 11.8 Å². The fraction of sp³-hybridized carbons (Fsp3) is 0. The van der Waals surface area contributed by atoms with Gasteiger partial charge in [0.05, 0.1) is 5.52 Å². The molecule has 3 rings (SSSR count). The Hall–Kier alpha value is -2.21. The number of benzene rings is 1. The van der Waals surface area contributed by atoms with Crippen molar-refractivity contribution in [2.75, 3.05) is 5.73 Å². The van der Waals surface area contributed by atoms with E-state index < -0.39 is 0 Å². The highest BCUT2D eigenvalue weighted by molar-refractivity contribution is 7.99. The second-order valence-electron chi connectivity index (χ2n) is 3.54. The number of hydrogen-bond acceptors (Lipinski definition) is 6. The van der Waals surface area contributed by atoms with Gasteiger partial charge in [-0.05, 0) is 23.9 Å². The molecule has 0 aliphatic rings. The van der Waals surface area contributed by atoms with Crippen LogP contribution in [0, 0.1) is 0 Å². The molecule has 5 nitrogen and oxygen atoms in total. The molecule has 2 aromatic heterocycles. The average Bonchev–Trinajstić information content (AvgIpc) is 2.40. The lowest BCUT2D eigenvalue weighted by molar-refractivity contribution is 0.961. The Labute approximate surface area is 108 Å². The van der Waals surface area contributed by atoms with Crippen LogP contribution in [0.25, 0.3) is 10.9 Å². The van der Waals surface area contributed by atoms with E-state index in [0.29, 0.717) is 5.16 Å². The van der Waals surface area contributed by atoms with E-state index >= 15 is 0 Å². The van der Waals surface area contributed by atoms with Crippen molar-refractivity contribution in [3.8, 4) is 0 Å². The number of anilines is 1. The van der Waals surface area contributed by atoms with Crippen LogP contribution in [0.2, 0.25) is 0 Å². The van der Waals surface area contributed by atoms with Crippen LogP contribution in [0.3, 0.4) is 0 Å². The van der Waals surface area contributed by atoms with Gasteiger partial charge in [0.1, 0.15) is 5.03 Å². The third-order valence-electron chi connectivity index (χ3n) is 2.32. The number of hydrogen-bond donors (Lipinski definition) is 1. The highest BCUT2D eigenvalue weighted by Gasteiger charge is 2.08. The van der Waals surface area contributed by atoms with Crippen molar-refractivity contribution in [1.82, 2.24) is 19.9 Å². The lowest BCUT2D eigenvalue weighted by Gasteiger charge is -2.04. The van der Waals surface area contributed by atoms with Crippen LogP contribution < -0.4 is 5.73 Å². The van der Waals surface area contributed by atoms with Crippen LogP contribution in [0.5, 0.6) is 0 Å². The molecule has 2 heterocycles. The summed E-state index contributed by atoms with van der Waals surface area (Å²) in [6.45, 7) is 0. The molecule has 0 radical (unpaired) electrons.